The third-order valence-corrected chi connectivity index (χ3v) is 7.12. The quantitative estimate of drug-likeness (QED) is 0.538. The zero-order chi connectivity index (χ0) is 20.4. The van der Waals surface area contributed by atoms with Crippen LogP contribution in [0.25, 0.3) is 0 Å². The van der Waals surface area contributed by atoms with Gasteiger partial charge in [-0.05, 0) is 64.2 Å². The summed E-state index contributed by atoms with van der Waals surface area (Å²) in [5, 5.41) is 21.2. The molecule has 0 radical (unpaired) electrons. The summed E-state index contributed by atoms with van der Waals surface area (Å²) in [6.45, 7) is 6.19. The molecule has 8 atom stereocenters. The summed E-state index contributed by atoms with van der Waals surface area (Å²) in [5.41, 5.74) is 1.26. The second-order valence-electron chi connectivity index (χ2n) is 9.29. The van der Waals surface area contributed by atoms with Gasteiger partial charge in [-0.15, -0.1) is 0 Å². The van der Waals surface area contributed by atoms with E-state index in [4.69, 9.17) is 4.74 Å². The number of rotatable bonds is 6. The predicted octanol–water partition coefficient (Wildman–Crippen LogP) is 3.06. The zero-order valence-electron chi connectivity index (χ0n) is 17.8. The van der Waals surface area contributed by atoms with Gasteiger partial charge < -0.3 is 14.9 Å². The smallest absolute Gasteiger partial charge is 0.323 e. The summed E-state index contributed by atoms with van der Waals surface area (Å²) in [6, 6.07) is 0.486. The maximum Gasteiger partial charge on any atom is 0.323 e. The summed E-state index contributed by atoms with van der Waals surface area (Å²) >= 11 is 0. The van der Waals surface area contributed by atoms with Crippen LogP contribution in [-0.4, -0.2) is 58.5 Å². The number of carbonyl (C=O) groups is 1. The number of esters is 1. The molecule has 0 aromatic heterocycles. The Morgan fingerprint density at radius 2 is 2.04 bits per heavy atom. The first-order chi connectivity index (χ1) is 13.3. The number of allylic oxidation sites excluding steroid dienone is 2. The first kappa shape index (κ1) is 21.5. The van der Waals surface area contributed by atoms with Crippen molar-refractivity contribution >= 4 is 5.97 Å². The van der Waals surface area contributed by atoms with E-state index in [0.717, 1.165) is 32.1 Å². The second-order valence-corrected chi connectivity index (χ2v) is 9.29. The van der Waals surface area contributed by atoms with Gasteiger partial charge in [-0.25, -0.2) is 0 Å². The number of fused-ring (bicyclic) bond motifs is 3. The Hall–Kier alpha value is -1.17. The molecule has 28 heavy (non-hydrogen) atoms. The third kappa shape index (κ3) is 4.37. The van der Waals surface area contributed by atoms with Crippen LogP contribution < -0.4 is 0 Å². The average molecular weight is 392 g/mol. The number of piperidine rings is 1. The van der Waals surface area contributed by atoms with Crippen molar-refractivity contribution in [3.8, 4) is 0 Å². The van der Waals surface area contributed by atoms with E-state index in [-0.39, 0.29) is 29.9 Å². The van der Waals surface area contributed by atoms with Crippen molar-refractivity contribution in [2.45, 2.75) is 89.6 Å². The van der Waals surface area contributed by atoms with E-state index in [2.05, 4.69) is 31.7 Å². The van der Waals surface area contributed by atoms with Crippen LogP contribution in [0.5, 0.6) is 0 Å². The Morgan fingerprint density at radius 3 is 2.71 bits per heavy atom. The number of hydrogen-bond donors (Lipinski definition) is 2. The SMILES string of the molecule is COC(=O)C1CCCC2C[C@H]3C(C[C@@H](O)[C@@H]3/C=C/[C@@H](O)C(C)CC=C(C)C)N21. The van der Waals surface area contributed by atoms with Crippen molar-refractivity contribution in [3.63, 3.8) is 0 Å². The molecule has 2 N–H and O–H groups in total. The molecule has 5 heteroatoms. The van der Waals surface area contributed by atoms with Gasteiger partial charge in [0, 0.05) is 18.0 Å². The standard InChI is InChI=1S/C23H37NO4/c1-14(2)8-9-15(3)21(25)11-10-17-18-12-16-6-5-7-19(23(27)28-4)24(16)20(18)13-22(17)26/h8,10-11,15-22,25-26H,5-7,9,12-13H2,1-4H3/b11-10+/t15?,16?,17-,18-,19?,20?,21-,22-/m1/s1. The molecule has 0 bridgehead atoms. The minimum atomic E-state index is -0.506. The second kappa shape index (κ2) is 9.10. The largest absolute Gasteiger partial charge is 0.468 e. The number of nitrogens with zero attached hydrogens (tertiary/aromatic N) is 1. The molecule has 2 aliphatic heterocycles. The van der Waals surface area contributed by atoms with E-state index in [0.29, 0.717) is 18.4 Å². The van der Waals surface area contributed by atoms with Crippen LogP contribution in [0.4, 0.5) is 0 Å². The van der Waals surface area contributed by atoms with Crippen LogP contribution >= 0.6 is 0 Å². The van der Waals surface area contributed by atoms with E-state index in [1.54, 1.807) is 0 Å². The molecule has 1 saturated carbocycles. The number of aliphatic hydroxyl groups is 2. The van der Waals surface area contributed by atoms with Crippen molar-refractivity contribution in [1.29, 1.82) is 0 Å². The highest BCUT2D eigenvalue weighted by Crippen LogP contribution is 2.49. The van der Waals surface area contributed by atoms with Gasteiger partial charge in [-0.1, -0.05) is 30.7 Å². The summed E-state index contributed by atoms with van der Waals surface area (Å²) in [5.74, 6) is 0.419. The molecule has 158 valence electrons. The summed E-state index contributed by atoms with van der Waals surface area (Å²) < 4.78 is 5.05. The van der Waals surface area contributed by atoms with Crippen LogP contribution in [-0.2, 0) is 9.53 Å². The van der Waals surface area contributed by atoms with Crippen molar-refractivity contribution < 1.29 is 19.7 Å². The molecule has 0 spiro atoms. The first-order valence-corrected chi connectivity index (χ1v) is 10.9. The predicted molar refractivity (Wildman–Crippen MR) is 110 cm³/mol. The molecule has 3 rings (SSSR count). The lowest BCUT2D eigenvalue weighted by atomic mass is 9.88. The Bertz CT molecular complexity index is 612. The summed E-state index contributed by atoms with van der Waals surface area (Å²) in [4.78, 5) is 14.6. The fourth-order valence-electron chi connectivity index (χ4n) is 5.57. The Labute approximate surface area is 169 Å². The van der Waals surface area contributed by atoms with Gasteiger partial charge in [0.1, 0.15) is 6.04 Å². The van der Waals surface area contributed by atoms with Gasteiger partial charge in [0.15, 0.2) is 0 Å². The van der Waals surface area contributed by atoms with E-state index in [1.165, 1.54) is 12.7 Å². The molecule has 2 saturated heterocycles. The topological polar surface area (TPSA) is 70.0 Å². The molecule has 0 amide bonds. The lowest BCUT2D eigenvalue weighted by Gasteiger charge is -2.39. The van der Waals surface area contributed by atoms with E-state index in [9.17, 15) is 15.0 Å². The van der Waals surface area contributed by atoms with Crippen LogP contribution in [0.2, 0.25) is 0 Å². The lowest BCUT2D eigenvalue weighted by molar-refractivity contribution is -0.150. The maximum absolute atomic E-state index is 12.3. The Kier molecular flexibility index (Phi) is 7.00. The van der Waals surface area contributed by atoms with Crippen molar-refractivity contribution in [3.05, 3.63) is 23.8 Å². The molecular weight excluding hydrogens is 354 g/mol. The number of aliphatic hydroxyl groups excluding tert-OH is 2. The van der Waals surface area contributed by atoms with Crippen molar-refractivity contribution in [2.75, 3.05) is 7.11 Å². The van der Waals surface area contributed by atoms with Gasteiger partial charge in [0.05, 0.1) is 19.3 Å². The normalized spacial score (nSPS) is 37.4. The van der Waals surface area contributed by atoms with Gasteiger partial charge >= 0.3 is 5.97 Å². The molecule has 4 unspecified atom stereocenters. The molecule has 0 aromatic rings. The van der Waals surface area contributed by atoms with E-state index >= 15 is 0 Å². The molecule has 0 aromatic carbocycles. The highest BCUT2D eigenvalue weighted by Gasteiger charge is 2.55. The van der Waals surface area contributed by atoms with Gasteiger partial charge in [-0.3, -0.25) is 9.69 Å². The highest BCUT2D eigenvalue weighted by molar-refractivity contribution is 5.76. The monoisotopic (exact) mass is 391 g/mol. The Morgan fingerprint density at radius 1 is 1.29 bits per heavy atom. The van der Waals surface area contributed by atoms with Gasteiger partial charge in [-0.2, -0.15) is 0 Å². The van der Waals surface area contributed by atoms with E-state index in [1.807, 2.05) is 12.2 Å². The van der Waals surface area contributed by atoms with Crippen molar-refractivity contribution in [1.82, 2.24) is 4.90 Å². The number of ether oxygens (including phenoxy) is 1. The molecular formula is C23H37NO4. The fraction of sp³-hybridized carbons (Fsp3) is 0.783. The van der Waals surface area contributed by atoms with Crippen LogP contribution in [0.3, 0.4) is 0 Å². The van der Waals surface area contributed by atoms with Gasteiger partial charge in [0.25, 0.3) is 0 Å². The molecule has 1 aliphatic carbocycles. The number of hydrogen-bond acceptors (Lipinski definition) is 5. The minimum Gasteiger partial charge on any atom is -0.468 e. The fourth-order valence-corrected chi connectivity index (χ4v) is 5.57. The summed E-state index contributed by atoms with van der Waals surface area (Å²) in [6.07, 6.45) is 10.8. The maximum atomic E-state index is 12.3. The molecule has 3 aliphatic rings. The van der Waals surface area contributed by atoms with Crippen LogP contribution in [0, 0.1) is 17.8 Å². The first-order valence-electron chi connectivity index (χ1n) is 10.9. The van der Waals surface area contributed by atoms with E-state index < -0.39 is 12.2 Å². The summed E-state index contributed by atoms with van der Waals surface area (Å²) in [7, 11) is 1.46. The number of carbonyl (C=O) groups excluding carboxylic acids is 1. The molecule has 3 fully saturated rings. The molecule has 5 nitrogen and oxygen atoms in total. The average Bonchev–Trinajstić information content (AvgIpc) is 3.17. The highest BCUT2D eigenvalue weighted by atomic mass is 16.5. The molecule has 2 heterocycles. The third-order valence-electron chi connectivity index (χ3n) is 7.12. The van der Waals surface area contributed by atoms with Crippen LogP contribution in [0.1, 0.15) is 59.3 Å². The van der Waals surface area contributed by atoms with Crippen molar-refractivity contribution in [2.24, 2.45) is 17.8 Å². The van der Waals surface area contributed by atoms with Gasteiger partial charge in [0.2, 0.25) is 0 Å². The number of methoxy groups -OCH3 is 1. The van der Waals surface area contributed by atoms with Crippen LogP contribution in [0.15, 0.2) is 23.8 Å². The minimum absolute atomic E-state index is 0.0548. The lowest BCUT2D eigenvalue weighted by Crippen LogP contribution is -2.51. The zero-order valence-corrected chi connectivity index (χ0v) is 17.8. The Balaban J connectivity index is 1.68.